The van der Waals surface area contributed by atoms with Gasteiger partial charge in [-0.25, -0.2) is 4.98 Å². The number of piperidine rings is 1. The van der Waals surface area contributed by atoms with Crippen molar-refractivity contribution in [2.75, 3.05) is 31.1 Å². The van der Waals surface area contributed by atoms with Gasteiger partial charge in [0.25, 0.3) is 0 Å². The maximum atomic E-state index is 12.9. The Morgan fingerprint density at radius 3 is 2.46 bits per heavy atom. The summed E-state index contributed by atoms with van der Waals surface area (Å²) in [6.45, 7) is 3.44. The number of likely N-dealkylation sites (tertiary alicyclic amines) is 1. The summed E-state index contributed by atoms with van der Waals surface area (Å²) in [5.74, 6) is 1.18. The average Bonchev–Trinajstić information content (AvgIpc) is 3.11. The van der Waals surface area contributed by atoms with Crippen LogP contribution in [0.25, 0.3) is 10.2 Å². The van der Waals surface area contributed by atoms with Crippen LogP contribution in [0.5, 0.6) is 0 Å². The van der Waals surface area contributed by atoms with Crippen molar-refractivity contribution in [3.05, 3.63) is 60.2 Å². The first kappa shape index (κ1) is 17.7. The Labute approximate surface area is 169 Å². The number of hydrogen-bond donors (Lipinski definition) is 0. The molecule has 0 radical (unpaired) electrons. The van der Waals surface area contributed by atoms with Crippen molar-refractivity contribution in [3.63, 3.8) is 0 Å². The molecule has 0 bridgehead atoms. The summed E-state index contributed by atoms with van der Waals surface area (Å²) in [5.41, 5.74) is 2.47. The van der Waals surface area contributed by atoms with E-state index < -0.39 is 0 Å². The number of thiazole rings is 1. The zero-order valence-corrected chi connectivity index (χ0v) is 16.8. The minimum atomic E-state index is 0.137. The Balaban J connectivity index is 1.12. The molecular weight excluding hydrogens is 366 g/mol. The van der Waals surface area contributed by atoms with Crippen LogP contribution >= 0.6 is 11.3 Å². The van der Waals surface area contributed by atoms with E-state index in [9.17, 15) is 4.79 Å². The second-order valence-corrected chi connectivity index (χ2v) is 9.03. The highest BCUT2D eigenvalue weighted by Crippen LogP contribution is 2.33. The molecule has 144 valence electrons. The van der Waals surface area contributed by atoms with Crippen molar-refractivity contribution in [1.29, 1.82) is 0 Å². The average molecular weight is 392 g/mol. The van der Waals surface area contributed by atoms with E-state index >= 15 is 0 Å². The third-order valence-electron chi connectivity index (χ3n) is 6.08. The van der Waals surface area contributed by atoms with Gasteiger partial charge in [-0.2, -0.15) is 0 Å². The molecule has 2 saturated heterocycles. The van der Waals surface area contributed by atoms with Gasteiger partial charge in [-0.15, -0.1) is 0 Å². The Bertz CT molecular complexity index is 923. The fourth-order valence-electron chi connectivity index (χ4n) is 4.35. The van der Waals surface area contributed by atoms with Crippen LogP contribution in [0.3, 0.4) is 0 Å². The Kier molecular flexibility index (Phi) is 4.77. The molecule has 28 heavy (non-hydrogen) atoms. The number of amides is 1. The predicted octanol–water partition coefficient (Wildman–Crippen LogP) is 4.21. The van der Waals surface area contributed by atoms with Crippen molar-refractivity contribution in [1.82, 2.24) is 9.88 Å². The minimum absolute atomic E-state index is 0.137. The second kappa shape index (κ2) is 7.55. The third-order valence-corrected chi connectivity index (χ3v) is 7.17. The molecule has 0 saturated carbocycles. The maximum absolute atomic E-state index is 12.9. The molecule has 0 aliphatic carbocycles. The van der Waals surface area contributed by atoms with Crippen LogP contribution in [0.2, 0.25) is 0 Å². The highest BCUT2D eigenvalue weighted by atomic mass is 32.1. The summed E-state index contributed by atoms with van der Waals surface area (Å²) in [6, 6.07) is 19.0. The van der Waals surface area contributed by atoms with Crippen LogP contribution in [0.4, 0.5) is 5.13 Å². The molecule has 0 atom stereocenters. The van der Waals surface area contributed by atoms with Crippen LogP contribution in [0.1, 0.15) is 18.4 Å². The van der Waals surface area contributed by atoms with E-state index in [1.165, 1.54) is 10.3 Å². The van der Waals surface area contributed by atoms with Gasteiger partial charge in [-0.05, 0) is 42.9 Å². The number of anilines is 1. The quantitative estimate of drug-likeness (QED) is 0.668. The van der Waals surface area contributed by atoms with Gasteiger partial charge in [0.1, 0.15) is 0 Å². The van der Waals surface area contributed by atoms with Gasteiger partial charge in [0.15, 0.2) is 5.13 Å². The van der Waals surface area contributed by atoms with E-state index in [-0.39, 0.29) is 5.92 Å². The molecule has 2 aliphatic rings. The largest absolute Gasteiger partial charge is 0.346 e. The summed E-state index contributed by atoms with van der Waals surface area (Å²) < 4.78 is 1.22. The SMILES string of the molecule is O=C(C1CN(c2nc3ccccc3s2)C1)N1CCC(Cc2ccccc2)CC1. The standard InChI is InChI=1S/C23H25N3OS/c27-22(25-12-10-18(11-13-25)14-17-6-2-1-3-7-17)19-15-26(16-19)23-24-20-8-4-5-9-21(20)28-23/h1-9,18-19H,10-16H2. The molecule has 3 heterocycles. The number of fused-ring (bicyclic) bond motifs is 1. The van der Waals surface area contributed by atoms with Crippen molar-refractivity contribution in [3.8, 4) is 0 Å². The smallest absolute Gasteiger partial charge is 0.229 e. The van der Waals surface area contributed by atoms with Gasteiger partial charge in [0.2, 0.25) is 5.91 Å². The van der Waals surface area contributed by atoms with E-state index in [0.29, 0.717) is 11.8 Å². The Morgan fingerprint density at radius 1 is 1.00 bits per heavy atom. The number of carbonyl (C=O) groups is 1. The molecule has 1 aromatic heterocycles. The Hall–Kier alpha value is -2.40. The Morgan fingerprint density at radius 2 is 1.71 bits per heavy atom. The summed E-state index contributed by atoms with van der Waals surface area (Å²) in [5, 5.41) is 1.05. The number of carbonyl (C=O) groups excluding carboxylic acids is 1. The van der Waals surface area contributed by atoms with E-state index in [0.717, 1.165) is 56.1 Å². The number of benzene rings is 2. The molecule has 0 N–H and O–H groups in total. The van der Waals surface area contributed by atoms with Crippen molar-refractivity contribution in [2.24, 2.45) is 11.8 Å². The summed E-state index contributed by atoms with van der Waals surface area (Å²) in [7, 11) is 0. The van der Waals surface area contributed by atoms with E-state index in [4.69, 9.17) is 4.98 Å². The van der Waals surface area contributed by atoms with E-state index in [1.807, 2.05) is 12.1 Å². The monoisotopic (exact) mass is 391 g/mol. The molecular formula is C23H25N3OS. The third kappa shape index (κ3) is 3.51. The fourth-order valence-corrected chi connectivity index (χ4v) is 5.33. The molecule has 2 aromatic carbocycles. The summed E-state index contributed by atoms with van der Waals surface area (Å²) >= 11 is 1.72. The van der Waals surface area contributed by atoms with Gasteiger partial charge >= 0.3 is 0 Å². The lowest BCUT2D eigenvalue weighted by atomic mass is 9.89. The van der Waals surface area contributed by atoms with Crippen LogP contribution in [-0.2, 0) is 11.2 Å². The molecule has 5 rings (SSSR count). The lowest BCUT2D eigenvalue weighted by Gasteiger charge is -2.42. The van der Waals surface area contributed by atoms with Gasteiger partial charge in [-0.1, -0.05) is 53.8 Å². The number of nitrogens with zero attached hydrogens (tertiary/aromatic N) is 3. The van der Waals surface area contributed by atoms with Crippen LogP contribution < -0.4 is 4.90 Å². The number of para-hydroxylation sites is 1. The number of hydrogen-bond acceptors (Lipinski definition) is 4. The first-order valence-corrected chi connectivity index (χ1v) is 11.0. The van der Waals surface area contributed by atoms with Crippen molar-refractivity contribution < 1.29 is 4.79 Å². The zero-order chi connectivity index (χ0) is 18.9. The van der Waals surface area contributed by atoms with Gasteiger partial charge in [0.05, 0.1) is 16.1 Å². The molecule has 3 aromatic rings. The van der Waals surface area contributed by atoms with Crippen LogP contribution in [-0.4, -0.2) is 42.0 Å². The molecule has 5 heteroatoms. The lowest BCUT2D eigenvalue weighted by Crippen LogP contribution is -2.55. The highest BCUT2D eigenvalue weighted by molar-refractivity contribution is 7.22. The number of aromatic nitrogens is 1. The molecule has 1 amide bonds. The molecule has 4 nitrogen and oxygen atoms in total. The van der Waals surface area contributed by atoms with Crippen molar-refractivity contribution >= 4 is 32.6 Å². The predicted molar refractivity (Wildman–Crippen MR) is 115 cm³/mol. The van der Waals surface area contributed by atoms with Gasteiger partial charge < -0.3 is 9.80 Å². The van der Waals surface area contributed by atoms with Crippen LogP contribution in [0, 0.1) is 11.8 Å². The number of rotatable bonds is 4. The second-order valence-electron chi connectivity index (χ2n) is 8.02. The zero-order valence-electron chi connectivity index (χ0n) is 16.0. The molecule has 2 fully saturated rings. The van der Waals surface area contributed by atoms with E-state index in [2.05, 4.69) is 52.3 Å². The van der Waals surface area contributed by atoms with Crippen molar-refractivity contribution in [2.45, 2.75) is 19.3 Å². The van der Waals surface area contributed by atoms with E-state index in [1.54, 1.807) is 11.3 Å². The first-order chi connectivity index (χ1) is 13.8. The molecule has 0 spiro atoms. The fraction of sp³-hybridized carbons (Fsp3) is 0.391. The molecule has 0 unspecified atom stereocenters. The maximum Gasteiger partial charge on any atom is 0.229 e. The summed E-state index contributed by atoms with van der Waals surface area (Å²) in [4.78, 5) is 21.9. The van der Waals surface area contributed by atoms with Crippen LogP contribution in [0.15, 0.2) is 54.6 Å². The summed E-state index contributed by atoms with van der Waals surface area (Å²) in [6.07, 6.45) is 3.38. The highest BCUT2D eigenvalue weighted by Gasteiger charge is 2.37. The van der Waals surface area contributed by atoms with Gasteiger partial charge in [-0.3, -0.25) is 4.79 Å². The lowest BCUT2D eigenvalue weighted by molar-refractivity contribution is -0.137. The molecule has 2 aliphatic heterocycles. The van der Waals surface area contributed by atoms with Gasteiger partial charge in [0, 0.05) is 26.2 Å². The topological polar surface area (TPSA) is 36.4 Å². The minimum Gasteiger partial charge on any atom is -0.346 e. The normalized spacial score (nSPS) is 18.4. The first-order valence-electron chi connectivity index (χ1n) is 10.2.